The summed E-state index contributed by atoms with van der Waals surface area (Å²) in [4.78, 5) is 51.2. The molecule has 38 heavy (non-hydrogen) atoms. The summed E-state index contributed by atoms with van der Waals surface area (Å²) in [5.74, 6) is -1.98. The number of urea groups is 1. The monoisotopic (exact) mass is 518 g/mol. The fourth-order valence-electron chi connectivity index (χ4n) is 3.68. The minimum absolute atomic E-state index is 0.0126. The number of carbonyl (C=O) groups is 4. The number of barbiturate groups is 1. The number of ether oxygens (including phenoxy) is 3. The van der Waals surface area contributed by atoms with Crippen molar-refractivity contribution in [1.29, 1.82) is 0 Å². The van der Waals surface area contributed by atoms with Crippen molar-refractivity contribution < 1.29 is 37.8 Å². The van der Waals surface area contributed by atoms with Crippen molar-refractivity contribution in [2.45, 2.75) is 13.5 Å². The number of methoxy groups -OCH3 is 1. The zero-order valence-electron chi connectivity index (χ0n) is 20.5. The molecule has 0 aromatic heterocycles. The van der Waals surface area contributed by atoms with Gasteiger partial charge in [-0.05, 0) is 67.1 Å². The molecule has 194 valence electrons. The Labute approximate surface area is 217 Å². The van der Waals surface area contributed by atoms with Crippen LogP contribution in [0.4, 0.5) is 14.9 Å². The molecule has 9 nitrogen and oxygen atoms in total. The number of carbonyl (C=O) groups excluding carboxylic acids is 4. The number of hydrogen-bond donors (Lipinski definition) is 1. The van der Waals surface area contributed by atoms with E-state index in [1.54, 1.807) is 37.3 Å². The summed E-state index contributed by atoms with van der Waals surface area (Å²) in [6, 6.07) is 15.3. The molecule has 1 saturated heterocycles. The molecule has 1 N–H and O–H groups in total. The lowest BCUT2D eigenvalue weighted by Crippen LogP contribution is -2.54. The van der Waals surface area contributed by atoms with Crippen LogP contribution in [-0.2, 0) is 20.9 Å². The van der Waals surface area contributed by atoms with Crippen LogP contribution in [0.5, 0.6) is 11.5 Å². The van der Waals surface area contributed by atoms with Crippen LogP contribution in [0.25, 0.3) is 6.08 Å². The zero-order valence-corrected chi connectivity index (χ0v) is 20.5. The van der Waals surface area contributed by atoms with Crippen LogP contribution in [0.2, 0.25) is 0 Å². The molecule has 0 atom stereocenters. The molecule has 4 amide bonds. The number of nitrogens with zero attached hydrogens (tertiary/aromatic N) is 1. The second-order valence-corrected chi connectivity index (χ2v) is 8.05. The maximum absolute atomic E-state index is 13.6. The third-order valence-corrected chi connectivity index (χ3v) is 5.54. The van der Waals surface area contributed by atoms with Gasteiger partial charge in [-0.1, -0.05) is 12.1 Å². The van der Waals surface area contributed by atoms with Crippen molar-refractivity contribution in [3.63, 3.8) is 0 Å². The molecule has 0 saturated carbocycles. The molecule has 3 aromatic rings. The third-order valence-electron chi connectivity index (χ3n) is 5.54. The predicted molar refractivity (Wildman–Crippen MR) is 135 cm³/mol. The SMILES string of the molecule is CCOC(=O)c1ccc(N2C(=O)NC(=O)/C(=C\c3ccc(OC)cc3OCc3cccc(F)c3)C2=O)cc1. The number of imide groups is 2. The lowest BCUT2D eigenvalue weighted by Gasteiger charge is -2.26. The smallest absolute Gasteiger partial charge is 0.338 e. The number of amides is 4. The highest BCUT2D eigenvalue weighted by molar-refractivity contribution is 6.39. The molecule has 0 aliphatic carbocycles. The molecule has 0 unspecified atom stereocenters. The Morgan fingerprint density at radius 3 is 2.47 bits per heavy atom. The normalized spacial score (nSPS) is 14.3. The van der Waals surface area contributed by atoms with Crippen LogP contribution in [0, 0.1) is 5.82 Å². The van der Waals surface area contributed by atoms with Crippen molar-refractivity contribution in [1.82, 2.24) is 5.32 Å². The summed E-state index contributed by atoms with van der Waals surface area (Å²) in [5, 5.41) is 2.15. The van der Waals surface area contributed by atoms with Gasteiger partial charge in [-0.15, -0.1) is 0 Å². The van der Waals surface area contributed by atoms with Crippen LogP contribution >= 0.6 is 0 Å². The van der Waals surface area contributed by atoms with Gasteiger partial charge in [0.25, 0.3) is 11.8 Å². The number of halogens is 1. The highest BCUT2D eigenvalue weighted by Gasteiger charge is 2.37. The first-order valence-electron chi connectivity index (χ1n) is 11.5. The quantitative estimate of drug-likeness (QED) is 0.270. The summed E-state index contributed by atoms with van der Waals surface area (Å²) in [6.07, 6.45) is 1.30. The molecule has 1 heterocycles. The standard InChI is InChI=1S/C28H23FN2O7/c1-3-37-27(34)18-7-10-21(11-8-18)31-26(33)23(25(32)30-28(31)35)14-19-9-12-22(36-2)15-24(19)38-16-17-5-4-6-20(29)13-17/h4-15H,3,16H2,1-2H3,(H,30,32,35)/b23-14+. The van der Waals surface area contributed by atoms with E-state index in [0.29, 0.717) is 16.9 Å². The van der Waals surface area contributed by atoms with Gasteiger partial charge in [-0.2, -0.15) is 0 Å². The van der Waals surface area contributed by atoms with Gasteiger partial charge in [-0.25, -0.2) is 18.9 Å². The molecule has 10 heteroatoms. The van der Waals surface area contributed by atoms with Crippen LogP contribution in [0.3, 0.4) is 0 Å². The zero-order chi connectivity index (χ0) is 27.2. The van der Waals surface area contributed by atoms with Gasteiger partial charge >= 0.3 is 12.0 Å². The average Bonchev–Trinajstić information content (AvgIpc) is 2.90. The van der Waals surface area contributed by atoms with Crippen molar-refractivity contribution >= 4 is 35.6 Å². The Bertz CT molecular complexity index is 1430. The van der Waals surface area contributed by atoms with Crippen molar-refractivity contribution in [3.05, 3.63) is 94.8 Å². The summed E-state index contributed by atoms with van der Waals surface area (Å²) >= 11 is 0. The number of hydrogen-bond acceptors (Lipinski definition) is 7. The first-order chi connectivity index (χ1) is 18.3. The number of anilines is 1. The largest absolute Gasteiger partial charge is 0.497 e. The molecular weight excluding hydrogens is 495 g/mol. The molecule has 0 radical (unpaired) electrons. The van der Waals surface area contributed by atoms with Crippen molar-refractivity contribution in [3.8, 4) is 11.5 Å². The number of rotatable bonds is 8. The van der Waals surface area contributed by atoms with Crippen LogP contribution in [0.15, 0.2) is 72.3 Å². The third kappa shape index (κ3) is 5.70. The minimum Gasteiger partial charge on any atom is -0.497 e. The van der Waals surface area contributed by atoms with Crippen molar-refractivity contribution in [2.75, 3.05) is 18.6 Å². The van der Waals surface area contributed by atoms with Crippen LogP contribution in [0.1, 0.15) is 28.4 Å². The maximum Gasteiger partial charge on any atom is 0.338 e. The molecule has 0 bridgehead atoms. The Morgan fingerprint density at radius 2 is 1.79 bits per heavy atom. The van der Waals surface area contributed by atoms with E-state index in [-0.39, 0.29) is 35.8 Å². The van der Waals surface area contributed by atoms with E-state index in [9.17, 15) is 23.6 Å². The van der Waals surface area contributed by atoms with Crippen LogP contribution < -0.4 is 19.7 Å². The van der Waals surface area contributed by atoms with Crippen molar-refractivity contribution in [2.24, 2.45) is 0 Å². The number of esters is 1. The molecule has 4 rings (SSSR count). The van der Waals surface area contributed by atoms with E-state index in [0.717, 1.165) is 4.90 Å². The summed E-state index contributed by atoms with van der Waals surface area (Å²) in [6.45, 7) is 1.89. The molecule has 0 spiro atoms. The lowest BCUT2D eigenvalue weighted by molar-refractivity contribution is -0.122. The highest BCUT2D eigenvalue weighted by atomic mass is 19.1. The number of nitrogens with one attached hydrogen (secondary N) is 1. The Balaban J connectivity index is 1.64. The van der Waals surface area contributed by atoms with Gasteiger partial charge in [-0.3, -0.25) is 14.9 Å². The maximum atomic E-state index is 13.6. The van der Waals surface area contributed by atoms with E-state index in [1.807, 2.05) is 0 Å². The molecular formula is C28H23FN2O7. The topological polar surface area (TPSA) is 111 Å². The first kappa shape index (κ1) is 26.1. The van der Waals surface area contributed by atoms with E-state index in [2.05, 4.69) is 5.32 Å². The van der Waals surface area contributed by atoms with Gasteiger partial charge in [0, 0.05) is 11.6 Å². The van der Waals surface area contributed by atoms with Gasteiger partial charge in [0.2, 0.25) is 0 Å². The van der Waals surface area contributed by atoms with E-state index in [4.69, 9.17) is 14.2 Å². The van der Waals surface area contributed by atoms with Crippen LogP contribution in [-0.4, -0.2) is 37.5 Å². The average molecular weight is 518 g/mol. The summed E-state index contributed by atoms with van der Waals surface area (Å²) < 4.78 is 29.6. The van der Waals surface area contributed by atoms with E-state index in [1.165, 1.54) is 49.6 Å². The Hall–Kier alpha value is -4.99. The Morgan fingerprint density at radius 1 is 1.03 bits per heavy atom. The molecule has 1 aliphatic heterocycles. The fourth-order valence-corrected chi connectivity index (χ4v) is 3.68. The minimum atomic E-state index is -0.932. The second-order valence-electron chi connectivity index (χ2n) is 8.05. The molecule has 1 aliphatic rings. The second kappa shape index (κ2) is 11.4. The number of benzene rings is 3. The molecule has 1 fully saturated rings. The van der Waals surface area contributed by atoms with E-state index >= 15 is 0 Å². The Kier molecular flexibility index (Phi) is 7.81. The van der Waals surface area contributed by atoms with E-state index < -0.39 is 29.6 Å². The summed E-state index contributed by atoms with van der Waals surface area (Å²) in [7, 11) is 1.47. The fraction of sp³-hybridized carbons (Fsp3) is 0.143. The predicted octanol–water partition coefficient (Wildman–Crippen LogP) is 4.26. The summed E-state index contributed by atoms with van der Waals surface area (Å²) in [5.41, 5.74) is 0.996. The van der Waals surface area contributed by atoms with Gasteiger partial charge in [0.05, 0.1) is 25.0 Å². The highest BCUT2D eigenvalue weighted by Crippen LogP contribution is 2.30. The van der Waals surface area contributed by atoms with Gasteiger partial charge in [0.15, 0.2) is 0 Å². The molecule has 3 aromatic carbocycles. The van der Waals surface area contributed by atoms with Gasteiger partial charge < -0.3 is 14.2 Å². The lowest BCUT2D eigenvalue weighted by atomic mass is 10.1. The first-order valence-corrected chi connectivity index (χ1v) is 11.5. The van der Waals surface area contributed by atoms with Gasteiger partial charge in [0.1, 0.15) is 29.5 Å².